The summed E-state index contributed by atoms with van der Waals surface area (Å²) in [5.41, 5.74) is 4.06. The molecule has 0 spiro atoms. The first-order chi connectivity index (χ1) is 20.7. The van der Waals surface area contributed by atoms with Crippen molar-refractivity contribution in [3.63, 3.8) is 0 Å². The maximum absolute atomic E-state index is 12.9. The number of likely N-dealkylation sites (N-methyl/N-ethyl adjacent to an activating group) is 2. The zero-order chi connectivity index (χ0) is 30.1. The SMILES string of the molecule is CN1CCN(C)C(c2ccc(Nc3nc(-c4cncc(NC(=O)Oc5cc6c(s5)CCCC6)c4)cn(C)c3=O)cc2)C1=O. The van der Waals surface area contributed by atoms with Crippen LogP contribution < -0.4 is 20.9 Å². The number of thiophene rings is 1. The molecule has 4 heterocycles. The fourth-order valence-electron chi connectivity index (χ4n) is 5.45. The molecule has 1 aliphatic heterocycles. The Kier molecular flexibility index (Phi) is 7.96. The number of benzene rings is 1. The highest BCUT2D eigenvalue weighted by molar-refractivity contribution is 7.14. The number of carbonyl (C=O) groups excluding carboxylic acids is 2. The van der Waals surface area contributed by atoms with Crippen molar-refractivity contribution in [2.45, 2.75) is 31.7 Å². The molecule has 2 N–H and O–H groups in total. The molecular weight excluding hydrogens is 566 g/mol. The van der Waals surface area contributed by atoms with Crippen LogP contribution in [0.2, 0.25) is 0 Å². The largest absolute Gasteiger partial charge is 0.417 e. The van der Waals surface area contributed by atoms with E-state index in [1.54, 1.807) is 30.4 Å². The maximum Gasteiger partial charge on any atom is 0.417 e. The number of carbonyl (C=O) groups is 2. The van der Waals surface area contributed by atoms with Crippen LogP contribution in [0, 0.1) is 0 Å². The van der Waals surface area contributed by atoms with Gasteiger partial charge in [-0.25, -0.2) is 9.78 Å². The third kappa shape index (κ3) is 6.15. The van der Waals surface area contributed by atoms with Gasteiger partial charge in [-0.2, -0.15) is 0 Å². The predicted molar refractivity (Wildman–Crippen MR) is 166 cm³/mol. The summed E-state index contributed by atoms with van der Waals surface area (Å²) in [6, 6.07) is 10.8. The van der Waals surface area contributed by atoms with Crippen LogP contribution in [0.1, 0.15) is 34.9 Å². The zero-order valence-electron chi connectivity index (χ0n) is 24.3. The lowest BCUT2D eigenvalue weighted by molar-refractivity contribution is -0.139. The third-order valence-electron chi connectivity index (χ3n) is 7.85. The van der Waals surface area contributed by atoms with Crippen molar-refractivity contribution in [3.05, 3.63) is 81.3 Å². The van der Waals surface area contributed by atoms with Crippen LogP contribution in [-0.4, -0.2) is 63.5 Å². The number of rotatable bonds is 6. The van der Waals surface area contributed by atoms with Crippen LogP contribution in [0.4, 0.5) is 22.0 Å². The first kappa shape index (κ1) is 28.6. The highest BCUT2D eigenvalue weighted by atomic mass is 32.1. The first-order valence-corrected chi connectivity index (χ1v) is 15.0. The molecule has 11 nitrogen and oxygen atoms in total. The molecule has 6 rings (SSSR count). The molecule has 1 atom stereocenters. The van der Waals surface area contributed by atoms with Gasteiger partial charge >= 0.3 is 6.09 Å². The van der Waals surface area contributed by atoms with Crippen molar-refractivity contribution in [1.82, 2.24) is 24.3 Å². The molecule has 4 aromatic rings. The lowest BCUT2D eigenvalue weighted by atomic mass is 10.00. The Morgan fingerprint density at radius 1 is 1.00 bits per heavy atom. The molecule has 0 saturated carbocycles. The summed E-state index contributed by atoms with van der Waals surface area (Å²) in [6.07, 6.45) is 8.55. The fraction of sp³-hybridized carbons (Fsp3) is 0.323. The van der Waals surface area contributed by atoms with Crippen LogP contribution in [0.5, 0.6) is 5.06 Å². The van der Waals surface area contributed by atoms with Gasteiger partial charge in [0.1, 0.15) is 6.04 Å². The van der Waals surface area contributed by atoms with E-state index >= 15 is 0 Å². The minimum Gasteiger partial charge on any atom is -0.399 e. The second-order valence-electron chi connectivity index (χ2n) is 11.0. The summed E-state index contributed by atoms with van der Waals surface area (Å²) in [4.78, 5) is 52.2. The molecule has 0 radical (unpaired) electrons. The molecule has 1 fully saturated rings. The van der Waals surface area contributed by atoms with Gasteiger partial charge in [0.25, 0.3) is 5.56 Å². The van der Waals surface area contributed by atoms with Gasteiger partial charge in [0.05, 0.1) is 17.6 Å². The minimum absolute atomic E-state index is 0.0570. The standard InChI is InChI=1S/C31H33N7O4S/c1-36-12-13-37(2)29(39)27(36)19-8-10-22(11-9-19)33-28-30(40)38(3)18-24(35-28)21-14-23(17-32-16-21)34-31(41)42-26-15-20-6-4-5-7-25(20)43-26/h8-11,14-18,27H,4-7,12-13H2,1-3H3,(H,33,35)(H,34,41). The molecule has 3 aromatic heterocycles. The van der Waals surface area contributed by atoms with E-state index in [0.29, 0.717) is 34.2 Å². The van der Waals surface area contributed by atoms with E-state index in [9.17, 15) is 14.4 Å². The van der Waals surface area contributed by atoms with Crippen molar-refractivity contribution in [2.75, 3.05) is 37.8 Å². The molecule has 1 saturated heterocycles. The third-order valence-corrected chi connectivity index (χ3v) is 8.96. The summed E-state index contributed by atoms with van der Waals surface area (Å²) in [5.74, 6) is 0.194. The van der Waals surface area contributed by atoms with E-state index in [-0.39, 0.29) is 23.3 Å². The molecule has 1 unspecified atom stereocenters. The number of fused-ring (bicyclic) bond motifs is 1. The zero-order valence-corrected chi connectivity index (χ0v) is 25.1. The summed E-state index contributed by atoms with van der Waals surface area (Å²) in [7, 11) is 5.41. The van der Waals surface area contributed by atoms with E-state index in [1.165, 1.54) is 39.0 Å². The quantitative estimate of drug-likeness (QED) is 0.330. The second kappa shape index (κ2) is 12.0. The topological polar surface area (TPSA) is 122 Å². The van der Waals surface area contributed by atoms with E-state index in [4.69, 9.17) is 4.74 Å². The van der Waals surface area contributed by atoms with E-state index < -0.39 is 6.09 Å². The smallest absolute Gasteiger partial charge is 0.399 e. The number of aryl methyl sites for hydroxylation is 3. The number of amides is 2. The average molecular weight is 600 g/mol. The van der Waals surface area contributed by atoms with Gasteiger partial charge < -0.3 is 19.5 Å². The van der Waals surface area contributed by atoms with Crippen molar-refractivity contribution in [2.24, 2.45) is 7.05 Å². The van der Waals surface area contributed by atoms with Gasteiger partial charge in [0, 0.05) is 55.7 Å². The monoisotopic (exact) mass is 599 g/mol. The van der Waals surface area contributed by atoms with E-state index in [0.717, 1.165) is 31.4 Å². The number of anilines is 3. The Hall–Kier alpha value is -4.55. The molecule has 1 aliphatic carbocycles. The van der Waals surface area contributed by atoms with Gasteiger partial charge in [-0.1, -0.05) is 12.1 Å². The number of pyridine rings is 1. The Morgan fingerprint density at radius 2 is 1.79 bits per heavy atom. The van der Waals surface area contributed by atoms with Crippen molar-refractivity contribution < 1.29 is 14.3 Å². The number of hydrogen-bond donors (Lipinski definition) is 2. The van der Waals surface area contributed by atoms with Gasteiger partial charge in [0.15, 0.2) is 10.9 Å². The number of nitrogens with zero attached hydrogens (tertiary/aromatic N) is 5. The van der Waals surface area contributed by atoms with Crippen molar-refractivity contribution in [3.8, 4) is 16.3 Å². The number of nitrogens with one attached hydrogen (secondary N) is 2. The molecule has 43 heavy (non-hydrogen) atoms. The number of aromatic nitrogens is 3. The normalized spacial score (nSPS) is 17.0. The van der Waals surface area contributed by atoms with Crippen molar-refractivity contribution in [1.29, 1.82) is 0 Å². The summed E-state index contributed by atoms with van der Waals surface area (Å²) in [5, 5.41) is 6.44. The lowest BCUT2D eigenvalue weighted by Gasteiger charge is -2.37. The molecule has 222 valence electrons. The highest BCUT2D eigenvalue weighted by Gasteiger charge is 2.31. The van der Waals surface area contributed by atoms with Crippen LogP contribution in [0.25, 0.3) is 11.3 Å². The average Bonchev–Trinajstić information content (AvgIpc) is 3.40. The number of hydrogen-bond acceptors (Lipinski definition) is 9. The Balaban J connectivity index is 1.17. The van der Waals surface area contributed by atoms with Crippen molar-refractivity contribution >= 4 is 40.5 Å². The summed E-state index contributed by atoms with van der Waals surface area (Å²) < 4.78 is 6.99. The summed E-state index contributed by atoms with van der Waals surface area (Å²) >= 11 is 1.52. The Bertz CT molecular complexity index is 1710. The lowest BCUT2D eigenvalue weighted by Crippen LogP contribution is -2.48. The molecule has 1 aromatic carbocycles. The van der Waals surface area contributed by atoms with Gasteiger partial charge in [-0.15, -0.1) is 11.3 Å². The van der Waals surface area contributed by atoms with Crippen LogP contribution in [-0.2, 0) is 24.7 Å². The van der Waals surface area contributed by atoms with Gasteiger partial charge in [-0.05, 0) is 68.1 Å². The Morgan fingerprint density at radius 3 is 2.58 bits per heavy atom. The molecule has 0 bridgehead atoms. The van der Waals surface area contributed by atoms with Crippen LogP contribution in [0.3, 0.4) is 0 Å². The Labute approximate surface area is 253 Å². The summed E-state index contributed by atoms with van der Waals surface area (Å²) in [6.45, 7) is 1.49. The van der Waals surface area contributed by atoms with E-state index in [2.05, 4.69) is 20.6 Å². The molecule has 2 aliphatic rings. The van der Waals surface area contributed by atoms with Gasteiger partial charge in [0.2, 0.25) is 5.91 Å². The molecule has 2 amide bonds. The van der Waals surface area contributed by atoms with E-state index in [1.807, 2.05) is 49.3 Å². The predicted octanol–water partition coefficient (Wildman–Crippen LogP) is 4.58. The van der Waals surface area contributed by atoms with Crippen LogP contribution >= 0.6 is 11.3 Å². The molecule has 12 heteroatoms. The van der Waals surface area contributed by atoms with Crippen LogP contribution in [0.15, 0.2) is 59.8 Å². The second-order valence-corrected chi connectivity index (χ2v) is 12.1. The number of ether oxygens (including phenoxy) is 1. The fourth-order valence-corrected chi connectivity index (χ4v) is 6.55. The van der Waals surface area contributed by atoms with Gasteiger partial charge in [-0.3, -0.25) is 24.8 Å². The first-order valence-electron chi connectivity index (χ1n) is 14.2. The highest BCUT2D eigenvalue weighted by Crippen LogP contribution is 2.34. The maximum atomic E-state index is 12.9. The minimum atomic E-state index is -0.593. The number of piperazine rings is 1. The molecular formula is C31H33N7O4S.